The number of benzene rings is 1. The lowest BCUT2D eigenvalue weighted by atomic mass is 9.90. The lowest BCUT2D eigenvalue weighted by molar-refractivity contribution is 0.158. The molecule has 3 N–H and O–H groups in total. The van der Waals surface area contributed by atoms with Crippen LogP contribution < -0.4 is 5.73 Å². The van der Waals surface area contributed by atoms with Crippen molar-refractivity contribution in [2.24, 2.45) is 5.73 Å². The highest BCUT2D eigenvalue weighted by Crippen LogP contribution is 2.28. The van der Waals surface area contributed by atoms with Crippen LogP contribution >= 0.6 is 0 Å². The number of likely N-dealkylation sites (N-methyl/N-ethyl adjacent to an activating group) is 1. The van der Waals surface area contributed by atoms with Gasteiger partial charge in [-0.1, -0.05) is 18.6 Å². The Hall–Kier alpha value is -1.39. The van der Waals surface area contributed by atoms with Gasteiger partial charge in [-0.25, -0.2) is 4.98 Å². The molecule has 2 atom stereocenters. The molecule has 0 amide bonds. The molecule has 0 saturated carbocycles. The zero-order chi connectivity index (χ0) is 13.2. The second kappa shape index (κ2) is 5.31. The fourth-order valence-corrected chi connectivity index (χ4v) is 3.21. The molecular weight excluding hydrogens is 236 g/mol. The van der Waals surface area contributed by atoms with Crippen molar-refractivity contribution in [2.75, 3.05) is 20.1 Å². The minimum Gasteiger partial charge on any atom is -0.342 e. The number of fused-ring (bicyclic) bond motifs is 1. The summed E-state index contributed by atoms with van der Waals surface area (Å²) in [6.45, 7) is 1.82. The lowest BCUT2D eigenvalue weighted by Crippen LogP contribution is -2.43. The van der Waals surface area contributed by atoms with E-state index in [-0.39, 0.29) is 0 Å². The number of nitrogens with two attached hydrogens (primary N) is 1. The first-order chi connectivity index (χ1) is 9.29. The minimum atomic E-state index is 0.303. The van der Waals surface area contributed by atoms with Gasteiger partial charge >= 0.3 is 0 Å². The van der Waals surface area contributed by atoms with Crippen molar-refractivity contribution in [3.05, 3.63) is 30.1 Å². The van der Waals surface area contributed by atoms with Gasteiger partial charge in [0.05, 0.1) is 11.0 Å². The molecule has 19 heavy (non-hydrogen) atoms. The summed E-state index contributed by atoms with van der Waals surface area (Å²) in [6, 6.07) is 8.70. The van der Waals surface area contributed by atoms with Crippen LogP contribution in [0.4, 0.5) is 0 Å². The van der Waals surface area contributed by atoms with Crippen LogP contribution in [0.15, 0.2) is 24.3 Å². The standard InChI is InChI=1S/C15H22N4/c1-19-9-5-4-8-14(19)11(10-16)15-17-12-6-2-3-7-13(12)18-15/h2-3,6-7,11,14H,4-5,8-10,16H2,1H3,(H,17,18). The third kappa shape index (κ3) is 2.38. The van der Waals surface area contributed by atoms with Gasteiger partial charge in [0, 0.05) is 18.5 Å². The number of nitrogens with one attached hydrogen (secondary N) is 1. The molecule has 1 saturated heterocycles. The molecule has 1 aliphatic rings. The number of hydrogen-bond donors (Lipinski definition) is 2. The largest absolute Gasteiger partial charge is 0.342 e. The molecular formula is C15H22N4. The number of nitrogens with zero attached hydrogens (tertiary/aromatic N) is 2. The second-order valence-corrected chi connectivity index (χ2v) is 5.53. The maximum atomic E-state index is 6.03. The van der Waals surface area contributed by atoms with Gasteiger partial charge in [0.15, 0.2) is 0 Å². The van der Waals surface area contributed by atoms with Crippen molar-refractivity contribution < 1.29 is 0 Å². The topological polar surface area (TPSA) is 57.9 Å². The summed E-state index contributed by atoms with van der Waals surface area (Å²) < 4.78 is 0. The van der Waals surface area contributed by atoms with E-state index in [1.165, 1.54) is 25.8 Å². The molecule has 0 aliphatic carbocycles. The van der Waals surface area contributed by atoms with E-state index in [0.29, 0.717) is 18.5 Å². The Morgan fingerprint density at radius 1 is 1.42 bits per heavy atom. The van der Waals surface area contributed by atoms with Gasteiger partial charge in [-0.2, -0.15) is 0 Å². The molecule has 0 bridgehead atoms. The maximum Gasteiger partial charge on any atom is 0.113 e. The maximum absolute atomic E-state index is 6.03. The Morgan fingerprint density at radius 3 is 3.00 bits per heavy atom. The molecule has 3 rings (SSSR count). The number of hydrogen-bond acceptors (Lipinski definition) is 3. The number of piperidine rings is 1. The Balaban J connectivity index is 1.92. The van der Waals surface area contributed by atoms with E-state index in [2.05, 4.69) is 23.0 Å². The third-order valence-corrected chi connectivity index (χ3v) is 4.30. The summed E-state index contributed by atoms with van der Waals surface area (Å²) in [5.74, 6) is 1.35. The molecule has 4 nitrogen and oxygen atoms in total. The third-order valence-electron chi connectivity index (χ3n) is 4.30. The van der Waals surface area contributed by atoms with Crippen molar-refractivity contribution >= 4 is 11.0 Å². The van der Waals surface area contributed by atoms with Crippen LogP contribution in [-0.2, 0) is 0 Å². The van der Waals surface area contributed by atoms with Crippen molar-refractivity contribution in [3.63, 3.8) is 0 Å². The predicted octanol–water partition coefficient (Wildman–Crippen LogP) is 2.09. The molecule has 102 valence electrons. The van der Waals surface area contributed by atoms with E-state index in [0.717, 1.165) is 16.9 Å². The summed E-state index contributed by atoms with van der Waals surface area (Å²) in [5.41, 5.74) is 8.18. The number of para-hydroxylation sites is 2. The monoisotopic (exact) mass is 258 g/mol. The first kappa shape index (κ1) is 12.6. The van der Waals surface area contributed by atoms with Crippen LogP contribution in [-0.4, -0.2) is 41.0 Å². The Labute approximate surface area is 114 Å². The van der Waals surface area contributed by atoms with Crippen LogP contribution in [0.2, 0.25) is 0 Å². The van der Waals surface area contributed by atoms with E-state index in [1.54, 1.807) is 0 Å². The van der Waals surface area contributed by atoms with Gasteiger partial charge in [-0.05, 0) is 38.6 Å². The normalized spacial score (nSPS) is 22.7. The zero-order valence-corrected chi connectivity index (χ0v) is 11.5. The van der Waals surface area contributed by atoms with Gasteiger partial charge in [0.2, 0.25) is 0 Å². The van der Waals surface area contributed by atoms with Crippen LogP contribution in [0, 0.1) is 0 Å². The molecule has 0 spiro atoms. The van der Waals surface area contributed by atoms with Crippen LogP contribution in [0.3, 0.4) is 0 Å². The van der Waals surface area contributed by atoms with Crippen LogP contribution in [0.1, 0.15) is 31.0 Å². The van der Waals surface area contributed by atoms with Crippen molar-refractivity contribution in [1.29, 1.82) is 0 Å². The quantitative estimate of drug-likeness (QED) is 0.886. The van der Waals surface area contributed by atoms with E-state index in [9.17, 15) is 0 Å². The second-order valence-electron chi connectivity index (χ2n) is 5.53. The fraction of sp³-hybridized carbons (Fsp3) is 0.533. The predicted molar refractivity (Wildman–Crippen MR) is 78.2 cm³/mol. The highest BCUT2D eigenvalue weighted by Gasteiger charge is 2.29. The number of imidazole rings is 1. The Morgan fingerprint density at radius 2 is 2.26 bits per heavy atom. The van der Waals surface area contributed by atoms with Crippen LogP contribution in [0.5, 0.6) is 0 Å². The minimum absolute atomic E-state index is 0.303. The van der Waals surface area contributed by atoms with Crippen LogP contribution in [0.25, 0.3) is 11.0 Å². The van der Waals surface area contributed by atoms with Crippen molar-refractivity contribution in [1.82, 2.24) is 14.9 Å². The average molecular weight is 258 g/mol. The van der Waals surface area contributed by atoms with Crippen molar-refractivity contribution in [3.8, 4) is 0 Å². The lowest BCUT2D eigenvalue weighted by Gasteiger charge is -2.36. The molecule has 1 aliphatic heterocycles. The molecule has 1 fully saturated rings. The molecule has 2 aromatic rings. The summed E-state index contributed by atoms with van der Waals surface area (Å²) in [6.07, 6.45) is 3.81. The molecule has 0 radical (unpaired) electrons. The molecule has 1 aromatic carbocycles. The van der Waals surface area contributed by atoms with Gasteiger partial charge in [0.1, 0.15) is 5.82 Å². The average Bonchev–Trinajstić information content (AvgIpc) is 2.85. The van der Waals surface area contributed by atoms with Crippen molar-refractivity contribution in [2.45, 2.75) is 31.2 Å². The van der Waals surface area contributed by atoms with E-state index < -0.39 is 0 Å². The molecule has 1 aromatic heterocycles. The number of H-pyrrole nitrogens is 1. The van der Waals surface area contributed by atoms with E-state index >= 15 is 0 Å². The summed E-state index contributed by atoms with van der Waals surface area (Å²) >= 11 is 0. The van der Waals surface area contributed by atoms with E-state index in [4.69, 9.17) is 10.7 Å². The summed E-state index contributed by atoms with van der Waals surface area (Å²) in [5, 5.41) is 0. The number of aromatic amines is 1. The summed E-state index contributed by atoms with van der Waals surface area (Å²) in [4.78, 5) is 10.6. The van der Waals surface area contributed by atoms with Gasteiger partial charge in [-0.3, -0.25) is 0 Å². The number of likely N-dealkylation sites (tertiary alicyclic amines) is 1. The van der Waals surface area contributed by atoms with Gasteiger partial charge < -0.3 is 15.6 Å². The van der Waals surface area contributed by atoms with Gasteiger partial charge in [-0.15, -0.1) is 0 Å². The smallest absolute Gasteiger partial charge is 0.113 e. The Bertz CT molecular complexity index is 515. The molecule has 4 heteroatoms. The first-order valence-corrected chi connectivity index (χ1v) is 7.14. The summed E-state index contributed by atoms with van der Waals surface area (Å²) in [7, 11) is 2.20. The zero-order valence-electron chi connectivity index (χ0n) is 11.5. The highest BCUT2D eigenvalue weighted by atomic mass is 15.1. The molecule has 2 unspecified atom stereocenters. The number of aromatic nitrogens is 2. The first-order valence-electron chi connectivity index (χ1n) is 7.14. The highest BCUT2D eigenvalue weighted by molar-refractivity contribution is 5.74. The molecule has 2 heterocycles. The van der Waals surface area contributed by atoms with Gasteiger partial charge in [0.25, 0.3) is 0 Å². The Kier molecular flexibility index (Phi) is 3.53. The number of rotatable bonds is 3. The van der Waals surface area contributed by atoms with E-state index in [1.807, 2.05) is 18.2 Å². The fourth-order valence-electron chi connectivity index (χ4n) is 3.21. The SMILES string of the molecule is CN1CCCCC1C(CN)c1nc2ccccc2[nH]1.